The topological polar surface area (TPSA) is 58.6 Å². The molecule has 0 heterocycles. The van der Waals surface area contributed by atoms with E-state index in [0.717, 1.165) is 20.8 Å². The molecule has 3 rings (SSSR count). The molecule has 162 valence electrons. The zero-order chi connectivity index (χ0) is 22.4. The molecule has 3 aromatic carbocycles. The average Bonchev–Trinajstić information content (AvgIpc) is 2.79. The van der Waals surface area contributed by atoms with Crippen LogP contribution in [0, 0.1) is 0 Å². The van der Waals surface area contributed by atoms with Crippen molar-refractivity contribution < 1.29 is 14.3 Å². The summed E-state index contributed by atoms with van der Waals surface area (Å²) in [6.07, 6.45) is 0.485. The van der Waals surface area contributed by atoms with Gasteiger partial charge in [-0.3, -0.25) is 9.59 Å². The number of halogens is 2. The number of likely N-dealkylation sites (N-methyl/N-ethyl adjacent to an activating group) is 1. The highest BCUT2D eigenvalue weighted by molar-refractivity contribution is 9.10. The molecule has 0 aliphatic heterocycles. The Kier molecular flexibility index (Phi) is 7.93. The van der Waals surface area contributed by atoms with E-state index in [1.165, 1.54) is 0 Å². The third kappa shape index (κ3) is 5.57. The van der Waals surface area contributed by atoms with Crippen LogP contribution in [0.4, 0.5) is 0 Å². The number of carbonyl (C=O) groups excluding carboxylic acids is 2. The maximum atomic E-state index is 13.2. The van der Waals surface area contributed by atoms with Crippen LogP contribution in [-0.4, -0.2) is 36.4 Å². The molecular formula is C24H24BrClN2O3. The minimum Gasteiger partial charge on any atom is -0.483 e. The molecule has 0 radical (unpaired) electrons. The number of hydrogen-bond donors (Lipinski definition) is 1. The first-order chi connectivity index (χ1) is 14.9. The standard InChI is InChI=1S/C24H24BrClN2O3/c1-3-20(24(30)27-2)28(14-16-8-11-18(26)12-9-16)22(29)15-31-21-13-10-17-6-4-5-7-19(17)23(21)25/h4-13,20H,3,14-15H2,1-2H3,(H,27,30)/t20-/m1/s1. The van der Waals surface area contributed by atoms with E-state index in [4.69, 9.17) is 16.3 Å². The number of benzene rings is 3. The lowest BCUT2D eigenvalue weighted by molar-refractivity contribution is -0.142. The summed E-state index contributed by atoms with van der Waals surface area (Å²) >= 11 is 9.56. The Hall–Kier alpha value is -2.57. The molecule has 0 spiro atoms. The second-order valence-corrected chi connectivity index (χ2v) is 8.30. The monoisotopic (exact) mass is 502 g/mol. The fraction of sp³-hybridized carbons (Fsp3) is 0.250. The van der Waals surface area contributed by atoms with E-state index in [-0.39, 0.29) is 25.0 Å². The van der Waals surface area contributed by atoms with Gasteiger partial charge in [0, 0.05) is 18.6 Å². The highest BCUT2D eigenvalue weighted by Gasteiger charge is 2.28. The molecule has 0 saturated heterocycles. The Morgan fingerprint density at radius 2 is 1.81 bits per heavy atom. The lowest BCUT2D eigenvalue weighted by atomic mass is 10.1. The van der Waals surface area contributed by atoms with Gasteiger partial charge < -0.3 is 15.0 Å². The van der Waals surface area contributed by atoms with Crippen molar-refractivity contribution >= 4 is 50.1 Å². The molecule has 31 heavy (non-hydrogen) atoms. The highest BCUT2D eigenvalue weighted by atomic mass is 79.9. The van der Waals surface area contributed by atoms with Crippen molar-refractivity contribution in [1.29, 1.82) is 0 Å². The summed E-state index contributed by atoms with van der Waals surface area (Å²) in [7, 11) is 1.57. The number of fused-ring (bicyclic) bond motifs is 1. The molecule has 3 aromatic rings. The second-order valence-electron chi connectivity index (χ2n) is 7.07. The normalized spacial score (nSPS) is 11.7. The van der Waals surface area contributed by atoms with Gasteiger partial charge in [0.1, 0.15) is 11.8 Å². The predicted octanol–water partition coefficient (Wildman–Crippen LogP) is 5.19. The van der Waals surface area contributed by atoms with Crippen LogP contribution in [0.5, 0.6) is 5.75 Å². The molecule has 0 aromatic heterocycles. The van der Waals surface area contributed by atoms with Crippen LogP contribution in [0.1, 0.15) is 18.9 Å². The first-order valence-corrected chi connectivity index (χ1v) is 11.2. The van der Waals surface area contributed by atoms with Crippen LogP contribution in [0.3, 0.4) is 0 Å². The molecule has 1 atom stereocenters. The second kappa shape index (κ2) is 10.6. The van der Waals surface area contributed by atoms with Gasteiger partial charge >= 0.3 is 0 Å². The van der Waals surface area contributed by atoms with Crippen LogP contribution in [0.25, 0.3) is 10.8 Å². The molecule has 0 aliphatic carbocycles. The number of nitrogens with one attached hydrogen (secondary N) is 1. The molecule has 0 saturated carbocycles. The number of hydrogen-bond acceptors (Lipinski definition) is 3. The van der Waals surface area contributed by atoms with E-state index in [1.807, 2.05) is 55.5 Å². The van der Waals surface area contributed by atoms with Gasteiger partial charge in [-0.25, -0.2) is 0 Å². The van der Waals surface area contributed by atoms with Gasteiger partial charge in [-0.1, -0.05) is 61.0 Å². The Balaban J connectivity index is 1.81. The Labute approximate surface area is 195 Å². The Morgan fingerprint density at radius 1 is 1.10 bits per heavy atom. The minimum absolute atomic E-state index is 0.183. The van der Waals surface area contributed by atoms with Gasteiger partial charge in [-0.2, -0.15) is 0 Å². The molecule has 0 unspecified atom stereocenters. The third-order valence-electron chi connectivity index (χ3n) is 5.08. The van der Waals surface area contributed by atoms with Gasteiger partial charge in [0.05, 0.1) is 4.47 Å². The SMILES string of the molecule is CC[C@H](C(=O)NC)N(Cc1ccc(Cl)cc1)C(=O)COc1ccc2ccccc2c1Br. The van der Waals surface area contributed by atoms with E-state index >= 15 is 0 Å². The smallest absolute Gasteiger partial charge is 0.261 e. The zero-order valence-corrected chi connectivity index (χ0v) is 19.7. The van der Waals surface area contributed by atoms with Gasteiger partial charge in [-0.05, 0) is 56.9 Å². The van der Waals surface area contributed by atoms with Crippen LogP contribution < -0.4 is 10.1 Å². The van der Waals surface area contributed by atoms with Gasteiger partial charge in [0.2, 0.25) is 5.91 Å². The number of carbonyl (C=O) groups is 2. The van der Waals surface area contributed by atoms with Crippen molar-refractivity contribution in [2.24, 2.45) is 0 Å². The lowest BCUT2D eigenvalue weighted by Crippen LogP contribution is -2.49. The fourth-order valence-corrected chi connectivity index (χ4v) is 4.15. The molecule has 5 nitrogen and oxygen atoms in total. The molecule has 2 amide bonds. The van der Waals surface area contributed by atoms with Gasteiger partial charge in [0.15, 0.2) is 6.61 Å². The summed E-state index contributed by atoms with van der Waals surface area (Å²) in [6.45, 7) is 1.98. The third-order valence-corrected chi connectivity index (χ3v) is 6.15. The van der Waals surface area contributed by atoms with Crippen LogP contribution >= 0.6 is 27.5 Å². The van der Waals surface area contributed by atoms with E-state index in [2.05, 4.69) is 21.2 Å². The summed E-state index contributed by atoms with van der Waals surface area (Å²) in [5.41, 5.74) is 0.881. The minimum atomic E-state index is -0.600. The van der Waals surface area contributed by atoms with Crippen LogP contribution in [0.2, 0.25) is 5.02 Å². The maximum absolute atomic E-state index is 13.2. The van der Waals surface area contributed by atoms with Gasteiger partial charge in [0.25, 0.3) is 5.91 Å². The van der Waals surface area contributed by atoms with Crippen molar-refractivity contribution in [2.75, 3.05) is 13.7 Å². The van der Waals surface area contributed by atoms with Crippen molar-refractivity contribution in [1.82, 2.24) is 10.2 Å². The molecule has 0 fully saturated rings. The van der Waals surface area contributed by atoms with Crippen molar-refractivity contribution in [3.63, 3.8) is 0 Å². The van der Waals surface area contributed by atoms with Gasteiger partial charge in [-0.15, -0.1) is 0 Å². The number of rotatable bonds is 8. The number of ether oxygens (including phenoxy) is 1. The largest absolute Gasteiger partial charge is 0.483 e. The fourth-order valence-electron chi connectivity index (χ4n) is 3.42. The van der Waals surface area contributed by atoms with E-state index in [0.29, 0.717) is 17.2 Å². The number of nitrogens with zero attached hydrogens (tertiary/aromatic N) is 1. The Morgan fingerprint density at radius 3 is 2.48 bits per heavy atom. The average molecular weight is 504 g/mol. The summed E-state index contributed by atoms with van der Waals surface area (Å²) in [4.78, 5) is 27.1. The molecule has 0 aliphatic rings. The van der Waals surface area contributed by atoms with Crippen LogP contribution in [-0.2, 0) is 16.1 Å². The summed E-state index contributed by atoms with van der Waals surface area (Å²) in [5.74, 6) is 0.0913. The number of amides is 2. The van der Waals surface area contributed by atoms with E-state index in [9.17, 15) is 9.59 Å². The highest BCUT2D eigenvalue weighted by Crippen LogP contribution is 2.33. The maximum Gasteiger partial charge on any atom is 0.261 e. The summed E-state index contributed by atoms with van der Waals surface area (Å²) in [5, 5.41) is 5.34. The molecular weight excluding hydrogens is 480 g/mol. The van der Waals surface area contributed by atoms with E-state index in [1.54, 1.807) is 24.1 Å². The van der Waals surface area contributed by atoms with Crippen molar-refractivity contribution in [3.05, 3.63) is 75.7 Å². The first kappa shape index (κ1) is 23.1. The zero-order valence-electron chi connectivity index (χ0n) is 17.4. The summed E-state index contributed by atoms with van der Waals surface area (Å²) in [6, 6.07) is 18.3. The first-order valence-electron chi connectivity index (χ1n) is 10.00. The predicted molar refractivity (Wildman–Crippen MR) is 127 cm³/mol. The van der Waals surface area contributed by atoms with E-state index < -0.39 is 6.04 Å². The van der Waals surface area contributed by atoms with Crippen molar-refractivity contribution in [3.8, 4) is 5.75 Å². The summed E-state index contributed by atoms with van der Waals surface area (Å²) < 4.78 is 6.65. The molecule has 0 bridgehead atoms. The quantitative estimate of drug-likeness (QED) is 0.460. The molecule has 7 heteroatoms. The van der Waals surface area contributed by atoms with Crippen molar-refractivity contribution in [2.45, 2.75) is 25.9 Å². The Bertz CT molecular complexity index is 1070. The van der Waals surface area contributed by atoms with Crippen LogP contribution in [0.15, 0.2) is 65.1 Å². The lowest BCUT2D eigenvalue weighted by Gasteiger charge is -2.30. The molecule has 1 N–H and O–H groups in total.